The number of benzene rings is 2. The van der Waals surface area contributed by atoms with Crippen LogP contribution in [0.4, 0.5) is 10.2 Å². The van der Waals surface area contributed by atoms with Crippen LogP contribution in [-0.4, -0.2) is 15.7 Å². The molecule has 1 heterocycles. The van der Waals surface area contributed by atoms with Crippen LogP contribution in [0.5, 0.6) is 0 Å². The predicted molar refractivity (Wildman–Crippen MR) is 96.9 cm³/mol. The van der Waals surface area contributed by atoms with Crippen LogP contribution < -0.4 is 5.32 Å². The fourth-order valence-electron chi connectivity index (χ4n) is 2.33. The van der Waals surface area contributed by atoms with E-state index < -0.39 is 5.82 Å². The van der Waals surface area contributed by atoms with Gasteiger partial charge >= 0.3 is 0 Å². The fraction of sp³-hybridized carbons (Fsp3) is 0.111. The second-order valence-corrected chi connectivity index (χ2v) is 6.35. The Morgan fingerprint density at radius 1 is 1.12 bits per heavy atom. The number of amides is 1. The van der Waals surface area contributed by atoms with Gasteiger partial charge in [0.15, 0.2) is 5.82 Å². The van der Waals surface area contributed by atoms with Crippen LogP contribution in [0.1, 0.15) is 21.6 Å². The smallest absolute Gasteiger partial charge is 0.256 e. The Morgan fingerprint density at radius 2 is 1.84 bits per heavy atom. The Kier molecular flexibility index (Phi) is 5.06. The number of anilines is 1. The van der Waals surface area contributed by atoms with Gasteiger partial charge in [-0.3, -0.25) is 9.48 Å². The van der Waals surface area contributed by atoms with Gasteiger partial charge in [-0.2, -0.15) is 5.10 Å². The van der Waals surface area contributed by atoms with Crippen LogP contribution in [0.25, 0.3) is 0 Å². The second kappa shape index (κ2) is 7.25. The van der Waals surface area contributed by atoms with Crippen molar-refractivity contribution in [3.63, 3.8) is 0 Å². The highest BCUT2D eigenvalue weighted by Gasteiger charge is 2.11. The third-order valence-corrected chi connectivity index (χ3v) is 4.38. The highest BCUT2D eigenvalue weighted by molar-refractivity contribution is 6.42. The van der Waals surface area contributed by atoms with Crippen LogP contribution >= 0.6 is 23.2 Å². The lowest BCUT2D eigenvalue weighted by atomic mass is 10.2. The van der Waals surface area contributed by atoms with E-state index in [1.54, 1.807) is 22.9 Å². The topological polar surface area (TPSA) is 46.9 Å². The molecule has 128 valence electrons. The van der Waals surface area contributed by atoms with E-state index in [1.165, 1.54) is 24.3 Å². The van der Waals surface area contributed by atoms with E-state index in [4.69, 9.17) is 23.2 Å². The lowest BCUT2D eigenvalue weighted by Gasteiger charge is -2.06. The average molecular weight is 378 g/mol. The molecule has 0 radical (unpaired) electrons. The summed E-state index contributed by atoms with van der Waals surface area (Å²) < 4.78 is 14.7. The molecule has 0 bridgehead atoms. The SMILES string of the molecule is Cc1cc(NC(=O)c2ccc(F)cc2)nn1Cc1ccc(Cl)c(Cl)c1. The maximum Gasteiger partial charge on any atom is 0.256 e. The average Bonchev–Trinajstić information content (AvgIpc) is 2.91. The van der Waals surface area contributed by atoms with Gasteiger partial charge in [-0.15, -0.1) is 0 Å². The summed E-state index contributed by atoms with van der Waals surface area (Å²) in [7, 11) is 0. The Labute approximate surface area is 154 Å². The minimum absolute atomic E-state index is 0.348. The van der Waals surface area contributed by atoms with E-state index in [0.717, 1.165) is 11.3 Å². The van der Waals surface area contributed by atoms with Crippen molar-refractivity contribution in [2.45, 2.75) is 13.5 Å². The number of hydrogen-bond donors (Lipinski definition) is 1. The standard InChI is InChI=1S/C18H14Cl2FN3O/c1-11-8-17(22-18(25)13-3-5-14(21)6-4-13)23-24(11)10-12-2-7-15(19)16(20)9-12/h2-9H,10H2,1H3,(H,22,23,25). The van der Waals surface area contributed by atoms with E-state index in [0.29, 0.717) is 28.0 Å². The highest BCUT2D eigenvalue weighted by Crippen LogP contribution is 2.23. The van der Waals surface area contributed by atoms with Crippen LogP contribution in [-0.2, 0) is 6.54 Å². The summed E-state index contributed by atoms with van der Waals surface area (Å²) in [6, 6.07) is 12.5. The molecule has 3 aromatic rings. The Bertz CT molecular complexity index is 923. The Balaban J connectivity index is 1.74. The van der Waals surface area contributed by atoms with Crippen molar-refractivity contribution in [1.82, 2.24) is 9.78 Å². The minimum Gasteiger partial charge on any atom is -0.305 e. The molecule has 1 N–H and O–H groups in total. The number of halogens is 3. The first-order valence-corrected chi connectivity index (χ1v) is 8.23. The van der Waals surface area contributed by atoms with Crippen molar-refractivity contribution in [1.29, 1.82) is 0 Å². The van der Waals surface area contributed by atoms with Crippen LogP contribution in [0.3, 0.4) is 0 Å². The number of rotatable bonds is 4. The van der Waals surface area contributed by atoms with Gasteiger partial charge in [0, 0.05) is 17.3 Å². The van der Waals surface area contributed by atoms with E-state index in [9.17, 15) is 9.18 Å². The third-order valence-electron chi connectivity index (χ3n) is 3.65. The van der Waals surface area contributed by atoms with Crippen molar-refractivity contribution in [3.05, 3.63) is 81.2 Å². The molecule has 0 aliphatic carbocycles. The summed E-state index contributed by atoms with van der Waals surface area (Å²) in [5, 5.41) is 8.06. The molecule has 0 atom stereocenters. The molecule has 1 aromatic heterocycles. The van der Waals surface area contributed by atoms with Gasteiger partial charge < -0.3 is 5.32 Å². The molecule has 0 aliphatic rings. The molecule has 0 fully saturated rings. The summed E-state index contributed by atoms with van der Waals surface area (Å²) in [6.07, 6.45) is 0. The summed E-state index contributed by atoms with van der Waals surface area (Å²) in [6.45, 7) is 2.38. The van der Waals surface area contributed by atoms with E-state index in [1.807, 2.05) is 13.0 Å². The summed E-state index contributed by atoms with van der Waals surface area (Å²) >= 11 is 11.9. The zero-order valence-electron chi connectivity index (χ0n) is 13.3. The molecule has 0 spiro atoms. The normalized spacial score (nSPS) is 10.7. The molecule has 3 rings (SSSR count). The molecule has 2 aromatic carbocycles. The number of nitrogens with one attached hydrogen (secondary N) is 1. The number of carbonyl (C=O) groups is 1. The molecule has 0 aliphatic heterocycles. The Morgan fingerprint density at radius 3 is 2.52 bits per heavy atom. The largest absolute Gasteiger partial charge is 0.305 e. The van der Waals surface area contributed by atoms with Gasteiger partial charge in [-0.25, -0.2) is 4.39 Å². The van der Waals surface area contributed by atoms with Gasteiger partial charge in [0.2, 0.25) is 0 Å². The van der Waals surface area contributed by atoms with Gasteiger partial charge in [0.1, 0.15) is 5.82 Å². The predicted octanol–water partition coefficient (Wildman–Crippen LogP) is 4.94. The number of carbonyl (C=O) groups excluding carboxylic acids is 1. The monoisotopic (exact) mass is 377 g/mol. The minimum atomic E-state index is -0.390. The van der Waals surface area contributed by atoms with Crippen molar-refractivity contribution >= 4 is 34.9 Å². The zero-order valence-corrected chi connectivity index (χ0v) is 14.8. The van der Waals surface area contributed by atoms with Crippen molar-refractivity contribution in [3.8, 4) is 0 Å². The summed E-state index contributed by atoms with van der Waals surface area (Å²) in [5.74, 6) is -0.315. The number of nitrogens with zero attached hydrogens (tertiary/aromatic N) is 2. The van der Waals surface area contributed by atoms with E-state index >= 15 is 0 Å². The first-order valence-electron chi connectivity index (χ1n) is 7.47. The lowest BCUT2D eigenvalue weighted by Crippen LogP contribution is -2.13. The fourth-order valence-corrected chi connectivity index (χ4v) is 2.65. The third kappa shape index (κ3) is 4.18. The summed E-state index contributed by atoms with van der Waals surface area (Å²) in [5.41, 5.74) is 2.18. The first kappa shape index (κ1) is 17.5. The molecule has 0 saturated heterocycles. The maximum absolute atomic E-state index is 12.9. The molecule has 1 amide bonds. The number of hydrogen-bond acceptors (Lipinski definition) is 2. The summed E-state index contributed by atoms with van der Waals surface area (Å²) in [4.78, 5) is 12.2. The van der Waals surface area contributed by atoms with Gasteiger partial charge in [-0.1, -0.05) is 29.3 Å². The maximum atomic E-state index is 12.9. The molecule has 4 nitrogen and oxygen atoms in total. The highest BCUT2D eigenvalue weighted by atomic mass is 35.5. The van der Waals surface area contributed by atoms with Crippen molar-refractivity contribution in [2.24, 2.45) is 0 Å². The molecule has 0 unspecified atom stereocenters. The van der Waals surface area contributed by atoms with Gasteiger partial charge in [0.25, 0.3) is 5.91 Å². The van der Waals surface area contributed by atoms with E-state index in [2.05, 4.69) is 10.4 Å². The van der Waals surface area contributed by atoms with Crippen molar-refractivity contribution < 1.29 is 9.18 Å². The molecule has 25 heavy (non-hydrogen) atoms. The van der Waals surface area contributed by atoms with E-state index in [-0.39, 0.29) is 5.91 Å². The quantitative estimate of drug-likeness (QED) is 0.699. The lowest BCUT2D eigenvalue weighted by molar-refractivity contribution is 0.102. The number of aryl methyl sites for hydroxylation is 1. The van der Waals surface area contributed by atoms with Crippen molar-refractivity contribution in [2.75, 3.05) is 5.32 Å². The zero-order chi connectivity index (χ0) is 18.0. The van der Waals surface area contributed by atoms with Crippen LogP contribution in [0.15, 0.2) is 48.5 Å². The van der Waals surface area contributed by atoms with Gasteiger partial charge in [-0.05, 0) is 48.9 Å². The Hall–Kier alpha value is -2.37. The molecule has 7 heteroatoms. The molecular formula is C18H14Cl2FN3O. The molecular weight excluding hydrogens is 364 g/mol. The van der Waals surface area contributed by atoms with Crippen LogP contribution in [0.2, 0.25) is 10.0 Å². The number of aromatic nitrogens is 2. The molecule has 0 saturated carbocycles. The second-order valence-electron chi connectivity index (χ2n) is 5.54. The van der Waals surface area contributed by atoms with Gasteiger partial charge in [0.05, 0.1) is 16.6 Å². The first-order chi connectivity index (χ1) is 11.9. The van der Waals surface area contributed by atoms with Crippen LogP contribution in [0, 0.1) is 12.7 Å².